The number of sulfonamides is 1. The average Bonchev–Trinajstić information content (AvgIpc) is 2.85. The minimum absolute atomic E-state index is 0.135. The van der Waals surface area contributed by atoms with E-state index >= 15 is 0 Å². The lowest BCUT2D eigenvalue weighted by molar-refractivity contribution is -0.134. The molecule has 2 aliphatic rings. The Morgan fingerprint density at radius 3 is 2.40 bits per heavy atom. The first kappa shape index (κ1) is 18.4. The molecule has 0 bridgehead atoms. The van der Waals surface area contributed by atoms with Gasteiger partial charge in [-0.15, -0.1) is 0 Å². The Balaban J connectivity index is 1.85. The number of likely N-dealkylation sites (tertiary alicyclic amines) is 1. The first-order chi connectivity index (χ1) is 11.9. The van der Waals surface area contributed by atoms with Crippen LogP contribution >= 0.6 is 0 Å². The second-order valence-corrected chi connectivity index (χ2v) is 9.02. The molecular formula is C18H26N2O4S. The first-order valence-corrected chi connectivity index (χ1v) is 10.5. The fourth-order valence-corrected chi connectivity index (χ4v) is 5.03. The van der Waals surface area contributed by atoms with Crippen LogP contribution in [-0.2, 0) is 19.6 Å². The molecule has 1 aromatic rings. The number of carbonyl (C=O) groups is 1. The Morgan fingerprint density at radius 2 is 1.84 bits per heavy atom. The predicted octanol–water partition coefficient (Wildman–Crippen LogP) is 1.44. The summed E-state index contributed by atoms with van der Waals surface area (Å²) >= 11 is 0. The lowest BCUT2D eigenvalue weighted by Gasteiger charge is -2.44. The number of hydrogen-bond acceptors (Lipinski definition) is 4. The highest BCUT2D eigenvalue weighted by Crippen LogP contribution is 2.45. The molecule has 2 aliphatic heterocycles. The van der Waals surface area contributed by atoms with Crippen LogP contribution in [0.5, 0.6) is 0 Å². The van der Waals surface area contributed by atoms with Gasteiger partial charge in [-0.3, -0.25) is 4.79 Å². The van der Waals surface area contributed by atoms with E-state index in [1.807, 2.05) is 35.2 Å². The monoisotopic (exact) mass is 366 g/mol. The lowest BCUT2D eigenvalue weighted by Crippen LogP contribution is -2.54. The molecule has 0 saturated carbocycles. The summed E-state index contributed by atoms with van der Waals surface area (Å²) in [4.78, 5) is 15.1. The number of amides is 1. The summed E-state index contributed by atoms with van der Waals surface area (Å²) in [5.74, 6) is -0.0149. The van der Waals surface area contributed by atoms with Gasteiger partial charge in [0.05, 0.1) is 18.8 Å². The van der Waals surface area contributed by atoms with E-state index in [-0.39, 0.29) is 17.4 Å². The van der Waals surface area contributed by atoms with Gasteiger partial charge in [-0.05, 0) is 24.8 Å². The summed E-state index contributed by atoms with van der Waals surface area (Å²) in [6, 6.07) is 9.87. The van der Waals surface area contributed by atoms with E-state index in [4.69, 9.17) is 4.74 Å². The summed E-state index contributed by atoms with van der Waals surface area (Å²) in [7, 11) is -1.55. The minimum atomic E-state index is -3.18. The normalized spacial score (nSPS) is 24.2. The van der Waals surface area contributed by atoms with Gasteiger partial charge in [0.1, 0.15) is 0 Å². The van der Waals surface area contributed by atoms with Crippen LogP contribution < -0.4 is 0 Å². The molecule has 0 unspecified atom stereocenters. The molecule has 7 heteroatoms. The van der Waals surface area contributed by atoms with Gasteiger partial charge in [-0.25, -0.2) is 12.7 Å². The van der Waals surface area contributed by atoms with Crippen molar-refractivity contribution in [2.45, 2.75) is 30.7 Å². The third kappa shape index (κ3) is 3.59. The van der Waals surface area contributed by atoms with Crippen molar-refractivity contribution < 1.29 is 17.9 Å². The molecule has 2 saturated heterocycles. The molecule has 2 fully saturated rings. The molecule has 1 amide bonds. The van der Waals surface area contributed by atoms with Crippen LogP contribution in [-0.4, -0.2) is 68.7 Å². The van der Waals surface area contributed by atoms with Crippen molar-refractivity contribution in [1.82, 2.24) is 9.21 Å². The highest BCUT2D eigenvalue weighted by molar-refractivity contribution is 7.88. The van der Waals surface area contributed by atoms with Gasteiger partial charge in [0, 0.05) is 32.3 Å². The maximum atomic E-state index is 13.1. The van der Waals surface area contributed by atoms with E-state index in [0.29, 0.717) is 39.1 Å². The second kappa shape index (κ2) is 7.05. The number of carbonyl (C=O) groups excluding carboxylic acids is 1. The Hall–Kier alpha value is -1.44. The fourth-order valence-electron chi connectivity index (χ4n) is 4.18. The van der Waals surface area contributed by atoms with Crippen LogP contribution in [0.2, 0.25) is 0 Å². The molecule has 1 atom stereocenters. The van der Waals surface area contributed by atoms with Crippen molar-refractivity contribution in [1.29, 1.82) is 0 Å². The quantitative estimate of drug-likeness (QED) is 0.791. The average molecular weight is 366 g/mol. The summed E-state index contributed by atoms with van der Waals surface area (Å²) in [6.07, 6.45) is 3.36. The summed E-state index contributed by atoms with van der Waals surface area (Å²) < 4.78 is 30.4. The van der Waals surface area contributed by atoms with Crippen molar-refractivity contribution >= 4 is 15.9 Å². The van der Waals surface area contributed by atoms with Crippen LogP contribution in [0.1, 0.15) is 30.7 Å². The number of methoxy groups -OCH3 is 1. The molecular weight excluding hydrogens is 340 g/mol. The van der Waals surface area contributed by atoms with Gasteiger partial charge in [-0.1, -0.05) is 30.3 Å². The molecule has 25 heavy (non-hydrogen) atoms. The fraction of sp³-hybridized carbons (Fsp3) is 0.611. The van der Waals surface area contributed by atoms with Crippen molar-refractivity contribution in [3.63, 3.8) is 0 Å². The van der Waals surface area contributed by atoms with Gasteiger partial charge in [0.15, 0.2) is 0 Å². The number of ether oxygens (including phenoxy) is 1. The van der Waals surface area contributed by atoms with E-state index in [9.17, 15) is 13.2 Å². The Labute approximate surface area is 149 Å². The highest BCUT2D eigenvalue weighted by Gasteiger charge is 2.52. The van der Waals surface area contributed by atoms with Crippen LogP contribution in [0.25, 0.3) is 0 Å². The largest absolute Gasteiger partial charge is 0.383 e. The van der Waals surface area contributed by atoms with Gasteiger partial charge in [0.25, 0.3) is 0 Å². The summed E-state index contributed by atoms with van der Waals surface area (Å²) in [6.45, 7) is 1.98. The molecule has 1 spiro atoms. The molecule has 6 nitrogen and oxygen atoms in total. The van der Waals surface area contributed by atoms with E-state index in [1.54, 1.807) is 7.11 Å². The smallest absolute Gasteiger partial charge is 0.230 e. The maximum Gasteiger partial charge on any atom is 0.230 e. The predicted molar refractivity (Wildman–Crippen MR) is 95.8 cm³/mol. The van der Waals surface area contributed by atoms with E-state index < -0.39 is 10.0 Å². The zero-order valence-electron chi connectivity index (χ0n) is 14.8. The number of rotatable bonds is 5. The van der Waals surface area contributed by atoms with Gasteiger partial charge in [0.2, 0.25) is 15.9 Å². The molecule has 3 rings (SSSR count). The van der Waals surface area contributed by atoms with Crippen molar-refractivity contribution in [2.24, 2.45) is 0 Å². The van der Waals surface area contributed by atoms with Crippen LogP contribution in [0.4, 0.5) is 0 Å². The molecule has 0 N–H and O–H groups in total. The zero-order valence-corrected chi connectivity index (χ0v) is 15.7. The summed E-state index contributed by atoms with van der Waals surface area (Å²) in [5.41, 5.74) is 0.773. The third-order valence-corrected chi connectivity index (χ3v) is 6.87. The molecule has 2 heterocycles. The molecule has 1 aromatic carbocycles. The van der Waals surface area contributed by atoms with Gasteiger partial charge >= 0.3 is 0 Å². The van der Waals surface area contributed by atoms with E-state index in [1.165, 1.54) is 10.6 Å². The molecule has 138 valence electrons. The number of piperidine rings is 1. The number of hydrogen-bond donors (Lipinski definition) is 0. The van der Waals surface area contributed by atoms with Gasteiger partial charge in [-0.2, -0.15) is 0 Å². The molecule has 0 aliphatic carbocycles. The lowest BCUT2D eigenvalue weighted by atomic mass is 9.82. The summed E-state index contributed by atoms with van der Waals surface area (Å²) in [5, 5.41) is 0. The van der Waals surface area contributed by atoms with Crippen LogP contribution in [0.3, 0.4) is 0 Å². The van der Waals surface area contributed by atoms with Crippen molar-refractivity contribution in [3.8, 4) is 0 Å². The van der Waals surface area contributed by atoms with Crippen molar-refractivity contribution in [3.05, 3.63) is 35.9 Å². The number of benzene rings is 1. The van der Waals surface area contributed by atoms with Crippen LogP contribution in [0, 0.1) is 0 Å². The van der Waals surface area contributed by atoms with E-state index in [0.717, 1.165) is 12.0 Å². The molecule has 0 radical (unpaired) electrons. The van der Waals surface area contributed by atoms with E-state index in [2.05, 4.69) is 0 Å². The highest BCUT2D eigenvalue weighted by atomic mass is 32.2. The Kier molecular flexibility index (Phi) is 5.18. The van der Waals surface area contributed by atoms with Gasteiger partial charge < -0.3 is 9.64 Å². The Morgan fingerprint density at radius 1 is 1.20 bits per heavy atom. The standard InChI is InChI=1S/C18H26N2O4S/c1-24-13-12-20-17(21)16(15-6-4-3-5-7-15)14-18(20)8-10-19(11-9-18)25(2,22)23/h3-7,16H,8-14H2,1-2H3/t16-/m1/s1. The third-order valence-electron chi connectivity index (χ3n) is 5.56. The Bertz CT molecular complexity index is 712. The number of nitrogens with zero attached hydrogens (tertiary/aromatic N) is 2. The maximum absolute atomic E-state index is 13.1. The topological polar surface area (TPSA) is 66.9 Å². The minimum Gasteiger partial charge on any atom is -0.383 e. The second-order valence-electron chi connectivity index (χ2n) is 7.04. The molecule has 0 aromatic heterocycles. The van der Waals surface area contributed by atoms with Crippen LogP contribution in [0.15, 0.2) is 30.3 Å². The van der Waals surface area contributed by atoms with Crippen molar-refractivity contribution in [2.75, 3.05) is 39.6 Å². The first-order valence-electron chi connectivity index (χ1n) is 8.68. The SMILES string of the molecule is COCCN1C(=O)[C@@H](c2ccccc2)CC12CCN(S(C)(=O)=O)CC2. The zero-order chi connectivity index (χ0) is 18.1.